The van der Waals surface area contributed by atoms with Gasteiger partial charge < -0.3 is 10.2 Å². The molecule has 0 unspecified atom stereocenters. The monoisotopic (exact) mass is 291 g/mol. The predicted octanol–water partition coefficient (Wildman–Crippen LogP) is 0.592. The highest BCUT2D eigenvalue weighted by Crippen LogP contribution is 2.27. The van der Waals surface area contributed by atoms with E-state index in [9.17, 15) is 18.3 Å². The minimum Gasteiger partial charge on any atom is -0.477 e. The van der Waals surface area contributed by atoms with Crippen LogP contribution >= 0.6 is 11.3 Å². The molecule has 1 aromatic rings. The minimum atomic E-state index is -3.62. The Hall–Kier alpha value is -0.960. The first-order valence-electron chi connectivity index (χ1n) is 5.42. The molecule has 0 spiro atoms. The first-order valence-corrected chi connectivity index (χ1v) is 7.68. The zero-order valence-electron chi connectivity index (χ0n) is 9.44. The van der Waals surface area contributed by atoms with Crippen LogP contribution in [0.3, 0.4) is 0 Å². The lowest BCUT2D eigenvalue weighted by atomic mass is 10.1. The number of hydrogen-bond donors (Lipinski definition) is 2. The highest BCUT2D eigenvalue weighted by molar-refractivity contribution is 7.91. The summed E-state index contributed by atoms with van der Waals surface area (Å²) in [4.78, 5) is 10.7. The lowest BCUT2D eigenvalue weighted by Gasteiger charge is -2.28. The van der Waals surface area contributed by atoms with E-state index in [2.05, 4.69) is 0 Å². The largest absolute Gasteiger partial charge is 0.477 e. The summed E-state index contributed by atoms with van der Waals surface area (Å²) in [6.07, 6.45) is 0.377. The van der Waals surface area contributed by atoms with E-state index in [0.29, 0.717) is 12.8 Å². The molecule has 2 heterocycles. The van der Waals surface area contributed by atoms with E-state index in [-0.39, 0.29) is 22.2 Å². The topological polar surface area (TPSA) is 94.9 Å². The molecule has 1 saturated heterocycles. The van der Waals surface area contributed by atoms with Crippen LogP contribution in [0.4, 0.5) is 0 Å². The van der Waals surface area contributed by atoms with Crippen LogP contribution in [0.1, 0.15) is 22.5 Å². The first-order chi connectivity index (χ1) is 8.41. The molecule has 100 valence electrons. The smallest absolute Gasteiger partial charge is 0.345 e. The van der Waals surface area contributed by atoms with Gasteiger partial charge in [-0.05, 0) is 25.0 Å². The van der Waals surface area contributed by atoms with Crippen LogP contribution in [-0.4, -0.2) is 48.1 Å². The lowest BCUT2D eigenvalue weighted by Crippen LogP contribution is -2.39. The molecule has 0 saturated carbocycles. The van der Waals surface area contributed by atoms with E-state index in [4.69, 9.17) is 5.11 Å². The van der Waals surface area contributed by atoms with Crippen LogP contribution in [0.2, 0.25) is 0 Å². The summed E-state index contributed by atoms with van der Waals surface area (Å²) in [6.45, 7) is 0.535. The molecule has 0 atom stereocenters. The average Bonchev–Trinajstić information content (AvgIpc) is 2.79. The fourth-order valence-electron chi connectivity index (χ4n) is 1.78. The van der Waals surface area contributed by atoms with Crippen LogP contribution in [0.25, 0.3) is 0 Å². The molecule has 0 aliphatic carbocycles. The van der Waals surface area contributed by atoms with Crippen molar-refractivity contribution in [3.05, 3.63) is 17.0 Å². The van der Waals surface area contributed by atoms with Gasteiger partial charge in [-0.1, -0.05) is 0 Å². The number of carboxylic acids is 1. The number of aliphatic hydroxyl groups is 1. The zero-order valence-corrected chi connectivity index (χ0v) is 11.1. The van der Waals surface area contributed by atoms with Gasteiger partial charge in [0.2, 0.25) is 0 Å². The Balaban J connectivity index is 2.22. The number of aliphatic hydroxyl groups excluding tert-OH is 1. The average molecular weight is 291 g/mol. The van der Waals surface area contributed by atoms with Crippen LogP contribution < -0.4 is 0 Å². The maximum atomic E-state index is 12.2. The Labute approximate surface area is 109 Å². The number of rotatable bonds is 3. The summed E-state index contributed by atoms with van der Waals surface area (Å²) in [5, 5.41) is 18.1. The Morgan fingerprint density at radius 1 is 1.33 bits per heavy atom. The highest BCUT2D eigenvalue weighted by Gasteiger charge is 2.30. The summed E-state index contributed by atoms with van der Waals surface area (Å²) in [6, 6.07) is 2.60. The molecule has 0 radical (unpaired) electrons. The molecule has 2 rings (SSSR count). The summed E-state index contributed by atoms with van der Waals surface area (Å²) in [5.41, 5.74) is 0. The second-order valence-electron chi connectivity index (χ2n) is 4.06. The van der Waals surface area contributed by atoms with E-state index in [0.717, 1.165) is 11.3 Å². The molecule has 1 aliphatic heterocycles. The van der Waals surface area contributed by atoms with Crippen molar-refractivity contribution in [2.24, 2.45) is 0 Å². The molecular formula is C10H13NO5S2. The van der Waals surface area contributed by atoms with Crippen molar-refractivity contribution in [1.82, 2.24) is 4.31 Å². The standard InChI is InChI=1S/C10H13NO5S2/c12-7-3-5-11(6-4-7)18(15,16)9-2-1-8(17-9)10(13)14/h1-2,7,12H,3-6H2,(H,13,14). The van der Waals surface area contributed by atoms with Gasteiger partial charge in [0.15, 0.2) is 0 Å². The number of hydrogen-bond acceptors (Lipinski definition) is 5. The van der Waals surface area contributed by atoms with Gasteiger partial charge in [0.25, 0.3) is 10.0 Å². The second-order valence-corrected chi connectivity index (χ2v) is 7.31. The van der Waals surface area contributed by atoms with E-state index < -0.39 is 22.1 Å². The Morgan fingerprint density at radius 2 is 1.94 bits per heavy atom. The first kappa shape index (κ1) is 13.5. The summed E-state index contributed by atoms with van der Waals surface area (Å²) < 4.78 is 25.7. The molecule has 1 aromatic heterocycles. The van der Waals surface area contributed by atoms with Crippen LogP contribution in [0.15, 0.2) is 16.3 Å². The van der Waals surface area contributed by atoms with E-state index in [1.54, 1.807) is 0 Å². The highest BCUT2D eigenvalue weighted by atomic mass is 32.2. The molecular weight excluding hydrogens is 278 g/mol. The Bertz CT molecular complexity index is 542. The SMILES string of the molecule is O=C(O)c1ccc(S(=O)(=O)N2CCC(O)CC2)s1. The van der Waals surface area contributed by atoms with Crippen molar-refractivity contribution in [3.63, 3.8) is 0 Å². The molecule has 0 aromatic carbocycles. The fraction of sp³-hybridized carbons (Fsp3) is 0.500. The quantitative estimate of drug-likeness (QED) is 0.850. The van der Waals surface area contributed by atoms with Crippen molar-refractivity contribution in [2.45, 2.75) is 23.2 Å². The second kappa shape index (κ2) is 4.96. The lowest BCUT2D eigenvalue weighted by molar-refractivity contribution is 0.0702. The molecule has 0 bridgehead atoms. The molecule has 1 fully saturated rings. The number of sulfonamides is 1. The normalized spacial score (nSPS) is 18.9. The summed E-state index contributed by atoms with van der Waals surface area (Å²) in [7, 11) is -3.62. The Morgan fingerprint density at radius 3 is 2.44 bits per heavy atom. The number of carboxylic acid groups (broad SMARTS) is 1. The third-order valence-electron chi connectivity index (χ3n) is 2.81. The number of thiophene rings is 1. The van der Waals surface area contributed by atoms with E-state index in [1.807, 2.05) is 0 Å². The molecule has 8 heteroatoms. The number of nitrogens with zero attached hydrogens (tertiary/aromatic N) is 1. The maximum absolute atomic E-state index is 12.2. The molecule has 0 amide bonds. The van der Waals surface area contributed by atoms with Crippen molar-refractivity contribution in [3.8, 4) is 0 Å². The molecule has 18 heavy (non-hydrogen) atoms. The summed E-state index contributed by atoms with van der Waals surface area (Å²) >= 11 is 0.751. The van der Waals surface area contributed by atoms with Crippen LogP contribution in [0, 0.1) is 0 Å². The van der Waals surface area contributed by atoms with Gasteiger partial charge in [0, 0.05) is 13.1 Å². The summed E-state index contributed by atoms with van der Waals surface area (Å²) in [5.74, 6) is -1.13. The molecule has 6 nitrogen and oxygen atoms in total. The number of aromatic carboxylic acids is 1. The fourth-order valence-corrected chi connectivity index (χ4v) is 4.55. The minimum absolute atomic E-state index is 0.00520. The Kier molecular flexibility index (Phi) is 3.71. The van der Waals surface area contributed by atoms with Crippen molar-refractivity contribution in [1.29, 1.82) is 0 Å². The van der Waals surface area contributed by atoms with Gasteiger partial charge in [0.05, 0.1) is 6.10 Å². The third-order valence-corrected chi connectivity index (χ3v) is 6.25. The number of carbonyl (C=O) groups is 1. The van der Waals surface area contributed by atoms with Crippen molar-refractivity contribution >= 4 is 27.3 Å². The van der Waals surface area contributed by atoms with Crippen molar-refractivity contribution in [2.75, 3.05) is 13.1 Å². The third kappa shape index (κ3) is 2.56. The van der Waals surface area contributed by atoms with Gasteiger partial charge in [-0.25, -0.2) is 13.2 Å². The number of piperidine rings is 1. The molecule has 1 aliphatic rings. The predicted molar refractivity (Wildman–Crippen MR) is 65.3 cm³/mol. The zero-order chi connectivity index (χ0) is 13.3. The van der Waals surface area contributed by atoms with Gasteiger partial charge in [-0.3, -0.25) is 0 Å². The van der Waals surface area contributed by atoms with Crippen molar-refractivity contribution < 1.29 is 23.4 Å². The van der Waals surface area contributed by atoms with Gasteiger partial charge in [-0.2, -0.15) is 4.31 Å². The maximum Gasteiger partial charge on any atom is 0.345 e. The van der Waals surface area contributed by atoms with Gasteiger partial charge in [0.1, 0.15) is 9.09 Å². The van der Waals surface area contributed by atoms with Gasteiger partial charge in [-0.15, -0.1) is 11.3 Å². The van der Waals surface area contributed by atoms with E-state index >= 15 is 0 Å². The van der Waals surface area contributed by atoms with E-state index in [1.165, 1.54) is 16.4 Å². The van der Waals surface area contributed by atoms with Gasteiger partial charge >= 0.3 is 5.97 Å². The van der Waals surface area contributed by atoms with Crippen LogP contribution in [-0.2, 0) is 10.0 Å². The molecule has 2 N–H and O–H groups in total. The van der Waals surface area contributed by atoms with Crippen LogP contribution in [0.5, 0.6) is 0 Å².